The molecule has 39 heavy (non-hydrogen) atoms. The lowest BCUT2D eigenvalue weighted by Gasteiger charge is -2.21. The summed E-state index contributed by atoms with van der Waals surface area (Å²) in [7, 11) is 0.731. The third kappa shape index (κ3) is 7.88. The van der Waals surface area contributed by atoms with Gasteiger partial charge in [0.15, 0.2) is 0 Å². The van der Waals surface area contributed by atoms with Crippen molar-refractivity contribution >= 4 is 21.7 Å². The van der Waals surface area contributed by atoms with Crippen molar-refractivity contribution in [1.29, 1.82) is 0 Å². The number of β-amino-alcohol motifs (C(OH)–C–C–N with tert-alkyl or cyclic N) is 1. The summed E-state index contributed by atoms with van der Waals surface area (Å²) in [6.07, 6.45) is 1.83. The minimum absolute atomic E-state index is 0.0187. The van der Waals surface area contributed by atoms with E-state index < -0.39 is 10.0 Å². The molecule has 1 aliphatic rings. The normalized spacial score (nSPS) is 14.1. The molecule has 2 aromatic carbocycles. The fraction of sp³-hybridized carbons (Fsp3) is 0.517. The van der Waals surface area contributed by atoms with Gasteiger partial charge in [-0.15, -0.1) is 0 Å². The van der Waals surface area contributed by atoms with Crippen LogP contribution in [-0.4, -0.2) is 93.3 Å². The van der Waals surface area contributed by atoms with E-state index in [-0.39, 0.29) is 42.6 Å². The number of ketones is 1. The Morgan fingerprint density at radius 1 is 1.00 bits per heavy atom. The van der Waals surface area contributed by atoms with E-state index in [2.05, 4.69) is 17.0 Å². The Hall–Kier alpha value is -2.79. The monoisotopic (exact) mass is 559 g/mol. The molecule has 0 aliphatic carbocycles. The number of sulfonamides is 1. The van der Waals surface area contributed by atoms with Gasteiger partial charge in [-0.25, -0.2) is 8.42 Å². The van der Waals surface area contributed by atoms with E-state index in [4.69, 9.17) is 4.74 Å². The first-order valence-electron chi connectivity index (χ1n) is 13.3. The number of hydrogen-bond donors (Lipinski definition) is 1. The van der Waals surface area contributed by atoms with Crippen molar-refractivity contribution in [1.82, 2.24) is 14.1 Å². The van der Waals surface area contributed by atoms with Crippen LogP contribution in [0.2, 0.25) is 0 Å². The third-order valence-corrected chi connectivity index (χ3v) is 9.39. The van der Waals surface area contributed by atoms with Gasteiger partial charge in [0.05, 0.1) is 25.2 Å². The van der Waals surface area contributed by atoms with E-state index in [9.17, 15) is 23.1 Å². The molecular weight excluding hydrogens is 518 g/mol. The summed E-state index contributed by atoms with van der Waals surface area (Å²) in [5, 5.41) is 9.23. The number of Topliss-reactive ketones (excluding diaryl/α,β-unsaturated/α-hetero) is 1. The Bertz CT molecular complexity index is 1270. The van der Waals surface area contributed by atoms with Crippen molar-refractivity contribution in [3.05, 3.63) is 58.1 Å². The number of methoxy groups -OCH3 is 1. The van der Waals surface area contributed by atoms with E-state index in [1.807, 2.05) is 6.07 Å². The first kappa shape index (κ1) is 30.7. The molecule has 10 heteroatoms. The van der Waals surface area contributed by atoms with Gasteiger partial charge in [-0.2, -0.15) is 4.31 Å². The number of nitrogens with zero attached hydrogens (tertiary/aromatic N) is 3. The number of aryl methyl sites for hydroxylation is 2. The molecule has 0 radical (unpaired) electrons. The number of likely N-dealkylation sites (N-methyl/N-ethyl adjacent to an activating group) is 1. The van der Waals surface area contributed by atoms with Crippen molar-refractivity contribution in [2.45, 2.75) is 51.0 Å². The Balaban J connectivity index is 1.53. The van der Waals surface area contributed by atoms with Crippen LogP contribution in [0.1, 0.15) is 40.7 Å². The topological polar surface area (TPSA) is 107 Å². The molecule has 1 heterocycles. The van der Waals surface area contributed by atoms with Crippen molar-refractivity contribution < 1.29 is 27.9 Å². The molecule has 0 spiro atoms. The summed E-state index contributed by atoms with van der Waals surface area (Å²) in [5.41, 5.74) is 4.70. The number of amides is 1. The first-order chi connectivity index (χ1) is 18.5. The van der Waals surface area contributed by atoms with Crippen LogP contribution in [0.25, 0.3) is 0 Å². The van der Waals surface area contributed by atoms with Crippen LogP contribution < -0.4 is 4.74 Å². The summed E-state index contributed by atoms with van der Waals surface area (Å²) in [6, 6.07) is 9.62. The van der Waals surface area contributed by atoms with Gasteiger partial charge >= 0.3 is 0 Å². The van der Waals surface area contributed by atoms with E-state index in [0.29, 0.717) is 30.0 Å². The van der Waals surface area contributed by atoms with Gasteiger partial charge in [0.2, 0.25) is 15.9 Å². The van der Waals surface area contributed by atoms with Crippen LogP contribution >= 0.6 is 0 Å². The molecule has 3 rings (SSSR count). The van der Waals surface area contributed by atoms with Crippen molar-refractivity contribution in [2.24, 2.45) is 0 Å². The maximum absolute atomic E-state index is 13.2. The van der Waals surface area contributed by atoms with Crippen LogP contribution in [0.5, 0.6) is 5.75 Å². The van der Waals surface area contributed by atoms with Crippen LogP contribution in [0.15, 0.2) is 35.2 Å². The molecular formula is C29H41N3O6S. The van der Waals surface area contributed by atoms with Gasteiger partial charge in [0.25, 0.3) is 0 Å². The minimum Gasteiger partial charge on any atom is -0.497 e. The third-order valence-electron chi connectivity index (χ3n) is 7.28. The fourth-order valence-corrected chi connectivity index (χ4v) is 6.65. The molecule has 9 nitrogen and oxygen atoms in total. The summed E-state index contributed by atoms with van der Waals surface area (Å²) in [4.78, 5) is 29.4. The van der Waals surface area contributed by atoms with E-state index in [1.54, 1.807) is 37.9 Å². The maximum Gasteiger partial charge on any atom is 0.243 e. The molecule has 0 saturated heterocycles. The number of ether oxygens (including phenoxy) is 1. The van der Waals surface area contributed by atoms with Gasteiger partial charge < -0.3 is 19.6 Å². The molecule has 0 saturated carbocycles. The standard InChI is InChI=1S/C29H41N3O6S/c1-21-16-27(38-5)17-22(2)29(21)39(36,37)31(4)20-26(34)8-9-28(35)30(3)19-23-6-7-24-10-12-32(14-15-33)13-11-25(24)18-23/h6-7,16-18,33H,8-15,19-20H2,1-5H3. The van der Waals surface area contributed by atoms with Crippen LogP contribution in [0, 0.1) is 13.8 Å². The van der Waals surface area contributed by atoms with Gasteiger partial charge in [-0.3, -0.25) is 9.59 Å². The Morgan fingerprint density at radius 2 is 1.64 bits per heavy atom. The van der Waals surface area contributed by atoms with E-state index in [0.717, 1.165) is 35.8 Å². The van der Waals surface area contributed by atoms with E-state index >= 15 is 0 Å². The fourth-order valence-electron chi connectivity index (χ4n) is 5.09. The zero-order chi connectivity index (χ0) is 28.7. The predicted octanol–water partition coefficient (Wildman–Crippen LogP) is 2.33. The van der Waals surface area contributed by atoms with Crippen molar-refractivity contribution in [3.63, 3.8) is 0 Å². The number of fused-ring (bicyclic) bond motifs is 1. The SMILES string of the molecule is COc1cc(C)c(S(=O)(=O)N(C)CC(=O)CCC(=O)N(C)Cc2ccc3c(c2)CCN(CCO)CC3)c(C)c1. The molecule has 1 N–H and O–H groups in total. The molecule has 0 fully saturated rings. The lowest BCUT2D eigenvalue weighted by atomic mass is 10.00. The van der Waals surface area contributed by atoms with Crippen molar-refractivity contribution in [3.8, 4) is 5.75 Å². The van der Waals surface area contributed by atoms with Crippen LogP contribution in [0.3, 0.4) is 0 Å². The highest BCUT2D eigenvalue weighted by molar-refractivity contribution is 7.89. The van der Waals surface area contributed by atoms with Crippen molar-refractivity contribution in [2.75, 3.05) is 54.0 Å². The average Bonchev–Trinajstić information content (AvgIpc) is 3.08. The summed E-state index contributed by atoms with van der Waals surface area (Å²) in [5.74, 6) is 0.0877. The Morgan fingerprint density at radius 3 is 2.26 bits per heavy atom. The first-order valence-corrected chi connectivity index (χ1v) is 14.7. The number of rotatable bonds is 12. The summed E-state index contributed by atoms with van der Waals surface area (Å²) < 4.78 is 32.6. The Kier molecular flexibility index (Phi) is 10.7. The summed E-state index contributed by atoms with van der Waals surface area (Å²) >= 11 is 0. The average molecular weight is 560 g/mol. The number of hydrogen-bond acceptors (Lipinski definition) is 7. The predicted molar refractivity (Wildman–Crippen MR) is 150 cm³/mol. The number of aliphatic hydroxyl groups is 1. The number of carbonyl (C=O) groups is 2. The highest BCUT2D eigenvalue weighted by Gasteiger charge is 2.27. The van der Waals surface area contributed by atoms with Gasteiger partial charge in [0.1, 0.15) is 11.5 Å². The van der Waals surface area contributed by atoms with Crippen LogP contribution in [0.4, 0.5) is 0 Å². The second kappa shape index (κ2) is 13.5. The lowest BCUT2D eigenvalue weighted by molar-refractivity contribution is -0.132. The zero-order valence-corrected chi connectivity index (χ0v) is 24.5. The molecule has 2 aromatic rings. The largest absolute Gasteiger partial charge is 0.497 e. The molecule has 0 bridgehead atoms. The van der Waals surface area contributed by atoms with Gasteiger partial charge in [-0.05, 0) is 66.6 Å². The molecule has 0 aromatic heterocycles. The number of carbonyl (C=O) groups excluding carboxylic acids is 2. The quantitative estimate of drug-likeness (QED) is 0.425. The minimum atomic E-state index is -3.89. The van der Waals surface area contributed by atoms with Gasteiger partial charge in [0, 0.05) is 53.1 Å². The summed E-state index contributed by atoms with van der Waals surface area (Å²) in [6.45, 7) is 6.19. The smallest absolute Gasteiger partial charge is 0.243 e. The molecule has 0 unspecified atom stereocenters. The number of benzene rings is 2. The zero-order valence-electron chi connectivity index (χ0n) is 23.7. The maximum atomic E-state index is 13.2. The van der Waals surface area contributed by atoms with E-state index in [1.165, 1.54) is 25.3 Å². The molecule has 214 valence electrons. The second-order valence-electron chi connectivity index (χ2n) is 10.3. The molecule has 1 aliphatic heterocycles. The Labute approximate surface area is 232 Å². The molecule has 0 atom stereocenters. The molecule has 1 amide bonds. The lowest BCUT2D eigenvalue weighted by Crippen LogP contribution is -2.34. The number of aliphatic hydroxyl groups excluding tert-OH is 1. The highest BCUT2D eigenvalue weighted by Crippen LogP contribution is 2.28. The van der Waals surface area contributed by atoms with Gasteiger partial charge in [-0.1, -0.05) is 18.2 Å². The second-order valence-corrected chi connectivity index (χ2v) is 12.3. The van der Waals surface area contributed by atoms with Crippen LogP contribution in [-0.2, 0) is 39.0 Å². The highest BCUT2D eigenvalue weighted by atomic mass is 32.2.